The van der Waals surface area contributed by atoms with E-state index in [-0.39, 0.29) is 18.8 Å². The fraction of sp³-hybridized carbons (Fsp3) is 0.208. The highest BCUT2D eigenvalue weighted by Gasteiger charge is 2.33. The summed E-state index contributed by atoms with van der Waals surface area (Å²) in [6.07, 6.45) is 7.15. The third kappa shape index (κ3) is 4.89. The van der Waals surface area contributed by atoms with Crippen molar-refractivity contribution >= 4 is 79.9 Å². The van der Waals surface area contributed by atoms with Crippen molar-refractivity contribution in [2.45, 2.75) is 19.9 Å². The van der Waals surface area contributed by atoms with Gasteiger partial charge >= 0.3 is 5.97 Å². The molecule has 0 N–H and O–H groups in total. The predicted molar refractivity (Wildman–Crippen MR) is 151 cm³/mol. The van der Waals surface area contributed by atoms with Crippen LogP contribution >= 0.6 is 67.9 Å². The van der Waals surface area contributed by atoms with Crippen LogP contribution in [0.2, 0.25) is 0 Å². The third-order valence-corrected chi connectivity index (χ3v) is 8.46. The molecule has 0 bridgehead atoms. The lowest BCUT2D eigenvalue weighted by Crippen LogP contribution is -2.39. The highest BCUT2D eigenvalue weighted by atomic mass is 127. The van der Waals surface area contributed by atoms with E-state index in [9.17, 15) is 9.59 Å². The molecular weight excluding hydrogens is 698 g/mol. The number of thiophene rings is 1. The molecule has 1 atom stereocenters. The summed E-state index contributed by atoms with van der Waals surface area (Å²) in [5.74, 6) is 2.74. The molecule has 174 valence electrons. The number of ether oxygens (including phenoxy) is 2. The SMILES string of the molecule is C#CCOc1c(I)cc(/C=c2/sc3n(c2=O)[C@@H](c2cccs2)C(C(=O)OCC)=C(C)N=3)cc1I. The fourth-order valence-corrected chi connectivity index (χ4v) is 7.57. The van der Waals surface area contributed by atoms with Gasteiger partial charge in [0, 0.05) is 4.88 Å². The van der Waals surface area contributed by atoms with Gasteiger partial charge in [-0.3, -0.25) is 9.36 Å². The number of fused-ring (bicyclic) bond motifs is 1. The second-order valence-corrected chi connectivity index (χ2v) is 11.4. The van der Waals surface area contributed by atoms with Gasteiger partial charge in [0.15, 0.2) is 4.80 Å². The summed E-state index contributed by atoms with van der Waals surface area (Å²) in [5, 5.41) is 1.93. The van der Waals surface area contributed by atoms with E-state index < -0.39 is 12.0 Å². The smallest absolute Gasteiger partial charge is 0.338 e. The molecule has 0 fully saturated rings. The number of nitrogens with zero attached hydrogens (tertiary/aromatic N) is 2. The molecule has 6 nitrogen and oxygen atoms in total. The lowest BCUT2D eigenvalue weighted by atomic mass is 10.0. The van der Waals surface area contributed by atoms with Gasteiger partial charge in [-0.2, -0.15) is 0 Å². The Bertz CT molecular complexity index is 1490. The molecule has 0 saturated heterocycles. The number of hydrogen-bond donors (Lipinski definition) is 0. The largest absolute Gasteiger partial charge is 0.479 e. The van der Waals surface area contributed by atoms with Crippen LogP contribution < -0.4 is 19.6 Å². The molecule has 0 amide bonds. The summed E-state index contributed by atoms with van der Waals surface area (Å²) in [4.78, 5) is 32.5. The summed E-state index contributed by atoms with van der Waals surface area (Å²) >= 11 is 7.18. The minimum Gasteiger partial charge on any atom is -0.479 e. The van der Waals surface area contributed by atoms with Gasteiger partial charge in [0.2, 0.25) is 0 Å². The molecule has 3 aromatic rings. The van der Waals surface area contributed by atoms with Crippen LogP contribution in [0.5, 0.6) is 5.75 Å². The topological polar surface area (TPSA) is 69.9 Å². The molecule has 1 aliphatic heterocycles. The van der Waals surface area contributed by atoms with Crippen molar-refractivity contribution in [1.82, 2.24) is 4.57 Å². The lowest BCUT2D eigenvalue weighted by molar-refractivity contribution is -0.139. The fourth-order valence-electron chi connectivity index (χ4n) is 3.57. The van der Waals surface area contributed by atoms with Crippen LogP contribution in [0.15, 0.2) is 50.7 Å². The molecule has 0 aliphatic carbocycles. The van der Waals surface area contributed by atoms with Crippen molar-refractivity contribution in [2.75, 3.05) is 13.2 Å². The number of thiazole rings is 1. The van der Waals surface area contributed by atoms with Crippen molar-refractivity contribution in [3.63, 3.8) is 0 Å². The Morgan fingerprint density at radius 3 is 2.71 bits per heavy atom. The van der Waals surface area contributed by atoms with E-state index in [1.54, 1.807) is 18.4 Å². The van der Waals surface area contributed by atoms with E-state index in [2.05, 4.69) is 56.1 Å². The number of carbonyl (C=O) groups excluding carboxylic acids is 1. The van der Waals surface area contributed by atoms with Gasteiger partial charge in [-0.15, -0.1) is 17.8 Å². The van der Waals surface area contributed by atoms with Gasteiger partial charge in [-0.1, -0.05) is 23.3 Å². The summed E-state index contributed by atoms with van der Waals surface area (Å²) in [7, 11) is 0. The molecule has 3 heterocycles. The molecule has 0 spiro atoms. The Labute approximate surface area is 231 Å². The zero-order valence-electron chi connectivity index (χ0n) is 18.1. The zero-order valence-corrected chi connectivity index (χ0v) is 24.1. The standard InChI is InChI=1S/C24H18I2N2O4S2/c1-4-8-32-21-15(25)10-14(11-16(21)26)12-18-22(29)28-20(17-7-6-9-33-17)19(23(30)31-5-2)13(3)27-24(28)34-18/h1,6-7,9-12,20H,5,8H2,2-3H3/b18-12+/t20-/m0/s1. The van der Waals surface area contributed by atoms with Gasteiger partial charge in [0.1, 0.15) is 18.4 Å². The van der Waals surface area contributed by atoms with Crippen LogP contribution in [0.3, 0.4) is 0 Å². The summed E-state index contributed by atoms with van der Waals surface area (Å²) in [6, 6.07) is 7.14. The number of halogens is 2. The van der Waals surface area contributed by atoms with Gasteiger partial charge in [0.05, 0.1) is 29.5 Å². The molecule has 34 heavy (non-hydrogen) atoms. The van der Waals surface area contributed by atoms with E-state index in [4.69, 9.17) is 15.9 Å². The van der Waals surface area contributed by atoms with Crippen molar-refractivity contribution in [1.29, 1.82) is 0 Å². The number of benzene rings is 1. The average molecular weight is 716 g/mol. The molecule has 1 aliphatic rings. The highest BCUT2D eigenvalue weighted by molar-refractivity contribution is 14.1. The Kier molecular flexibility index (Phi) is 7.96. The number of terminal acetylenes is 1. The third-order valence-electron chi connectivity index (χ3n) is 4.95. The second-order valence-electron chi connectivity index (χ2n) is 7.12. The Morgan fingerprint density at radius 1 is 1.35 bits per heavy atom. The monoisotopic (exact) mass is 716 g/mol. The Balaban J connectivity index is 1.87. The summed E-state index contributed by atoms with van der Waals surface area (Å²) in [5.41, 5.74) is 1.61. The quantitative estimate of drug-likeness (QED) is 0.219. The maximum atomic E-state index is 13.6. The minimum atomic E-state index is -0.572. The van der Waals surface area contributed by atoms with Crippen molar-refractivity contribution < 1.29 is 14.3 Å². The Hall–Kier alpha value is -1.95. The first-order valence-corrected chi connectivity index (χ1v) is 14.0. The van der Waals surface area contributed by atoms with Crippen molar-refractivity contribution in [2.24, 2.45) is 4.99 Å². The van der Waals surface area contributed by atoms with E-state index in [0.717, 1.165) is 23.3 Å². The average Bonchev–Trinajstić information content (AvgIpc) is 3.41. The molecule has 10 heteroatoms. The molecule has 4 rings (SSSR count). The first kappa shape index (κ1) is 25.2. The number of aromatic nitrogens is 1. The normalized spacial score (nSPS) is 15.5. The van der Waals surface area contributed by atoms with Crippen LogP contribution in [-0.4, -0.2) is 23.8 Å². The van der Waals surface area contributed by atoms with Crippen LogP contribution in [-0.2, 0) is 9.53 Å². The molecular formula is C24H18I2N2O4S2. The number of allylic oxidation sites excluding steroid dienone is 1. The highest BCUT2D eigenvalue weighted by Crippen LogP contribution is 2.33. The number of carbonyl (C=O) groups is 1. The zero-order chi connectivity index (χ0) is 24.4. The first-order valence-electron chi connectivity index (χ1n) is 10.1. The molecule has 0 unspecified atom stereocenters. The second kappa shape index (κ2) is 10.8. The van der Waals surface area contributed by atoms with E-state index >= 15 is 0 Å². The van der Waals surface area contributed by atoms with Crippen molar-refractivity contribution in [3.05, 3.63) is 78.2 Å². The van der Waals surface area contributed by atoms with E-state index in [1.165, 1.54) is 22.7 Å². The summed E-state index contributed by atoms with van der Waals surface area (Å²) in [6.45, 7) is 3.97. The van der Waals surface area contributed by atoms with Crippen LogP contribution in [0.4, 0.5) is 0 Å². The van der Waals surface area contributed by atoms with Crippen LogP contribution in [0.1, 0.15) is 30.3 Å². The number of rotatable bonds is 6. The first-order chi connectivity index (χ1) is 16.3. The van der Waals surface area contributed by atoms with Crippen LogP contribution in [0, 0.1) is 19.5 Å². The van der Waals surface area contributed by atoms with Gasteiger partial charge in [0.25, 0.3) is 5.56 Å². The van der Waals surface area contributed by atoms with Gasteiger partial charge in [-0.25, -0.2) is 9.79 Å². The van der Waals surface area contributed by atoms with E-state index in [0.29, 0.717) is 20.6 Å². The van der Waals surface area contributed by atoms with Gasteiger partial charge < -0.3 is 9.47 Å². The van der Waals surface area contributed by atoms with Gasteiger partial charge in [-0.05, 0) is 94.2 Å². The predicted octanol–water partition coefficient (Wildman–Crippen LogP) is 4.08. The molecule has 2 aromatic heterocycles. The lowest BCUT2D eigenvalue weighted by Gasteiger charge is -2.23. The maximum absolute atomic E-state index is 13.6. The minimum absolute atomic E-state index is 0.189. The molecule has 0 radical (unpaired) electrons. The van der Waals surface area contributed by atoms with Crippen LogP contribution in [0.25, 0.3) is 6.08 Å². The summed E-state index contributed by atoms with van der Waals surface area (Å²) < 4.78 is 14.9. The molecule has 0 saturated carbocycles. The maximum Gasteiger partial charge on any atom is 0.338 e. The number of esters is 1. The Morgan fingerprint density at radius 2 is 2.09 bits per heavy atom. The van der Waals surface area contributed by atoms with E-state index in [1.807, 2.05) is 35.7 Å². The molecule has 1 aromatic carbocycles. The van der Waals surface area contributed by atoms with Crippen molar-refractivity contribution in [3.8, 4) is 18.1 Å². The number of hydrogen-bond acceptors (Lipinski definition) is 7.